The normalized spacial score (nSPS) is 10.8. The molecule has 0 aliphatic heterocycles. The van der Waals surface area contributed by atoms with Crippen molar-refractivity contribution >= 4 is 11.8 Å². The van der Waals surface area contributed by atoms with Crippen LogP contribution in [0.15, 0.2) is 70.6 Å². The Labute approximate surface area is 166 Å². The topological polar surface area (TPSA) is 75.2 Å². The van der Waals surface area contributed by atoms with Crippen molar-refractivity contribution in [3.05, 3.63) is 66.5 Å². The lowest BCUT2D eigenvalue weighted by Gasteiger charge is -2.07. The second kappa shape index (κ2) is 8.18. The molecule has 0 spiro atoms. The van der Waals surface area contributed by atoms with Crippen LogP contribution in [0.5, 0.6) is 11.5 Å². The molecule has 0 unspecified atom stereocenters. The van der Waals surface area contributed by atoms with Crippen molar-refractivity contribution in [1.82, 2.24) is 20.0 Å². The first-order valence-corrected chi connectivity index (χ1v) is 9.53. The quantitative estimate of drug-likeness (QED) is 0.434. The predicted molar refractivity (Wildman–Crippen MR) is 106 cm³/mol. The standard InChI is InChI=1S/C20H18N4O3S/c1-25-17-9-6-15(12-18(17)26-2)19-22-23-20(27-19)28-13-14-4-7-16(8-5-14)24-11-3-10-21-24/h3-12H,13H2,1-2H3. The zero-order chi connectivity index (χ0) is 19.3. The molecule has 0 bridgehead atoms. The van der Waals surface area contributed by atoms with Gasteiger partial charge >= 0.3 is 0 Å². The maximum atomic E-state index is 5.78. The summed E-state index contributed by atoms with van der Waals surface area (Å²) in [7, 11) is 3.19. The van der Waals surface area contributed by atoms with Crippen molar-refractivity contribution < 1.29 is 13.9 Å². The Morgan fingerprint density at radius 2 is 1.82 bits per heavy atom. The van der Waals surface area contributed by atoms with Crippen LogP contribution >= 0.6 is 11.8 Å². The summed E-state index contributed by atoms with van der Waals surface area (Å²) in [6.45, 7) is 0. The van der Waals surface area contributed by atoms with Crippen molar-refractivity contribution in [3.63, 3.8) is 0 Å². The molecule has 2 aromatic carbocycles. The van der Waals surface area contributed by atoms with Crippen LogP contribution in [0, 0.1) is 0 Å². The molecule has 0 aliphatic carbocycles. The fourth-order valence-electron chi connectivity index (χ4n) is 2.67. The van der Waals surface area contributed by atoms with Gasteiger partial charge in [0, 0.05) is 23.7 Å². The fourth-order valence-corrected chi connectivity index (χ4v) is 3.38. The molecule has 142 valence electrons. The van der Waals surface area contributed by atoms with Gasteiger partial charge in [0.25, 0.3) is 5.22 Å². The minimum atomic E-state index is 0.442. The van der Waals surface area contributed by atoms with Gasteiger partial charge in [0.15, 0.2) is 11.5 Å². The number of hydrogen-bond donors (Lipinski definition) is 0. The maximum absolute atomic E-state index is 5.78. The molecule has 0 fully saturated rings. The SMILES string of the molecule is COc1ccc(-c2nnc(SCc3ccc(-n4cccn4)cc3)o2)cc1OC. The number of hydrogen-bond acceptors (Lipinski definition) is 7. The predicted octanol–water partition coefficient (Wildman–Crippen LogP) is 4.23. The lowest BCUT2D eigenvalue weighted by molar-refractivity contribution is 0.355. The molecule has 0 aliphatic rings. The molecule has 2 heterocycles. The van der Waals surface area contributed by atoms with Gasteiger partial charge in [-0.1, -0.05) is 23.9 Å². The molecule has 0 atom stereocenters. The molecule has 28 heavy (non-hydrogen) atoms. The summed E-state index contributed by atoms with van der Waals surface area (Å²) >= 11 is 1.49. The van der Waals surface area contributed by atoms with Crippen LogP contribution in [-0.2, 0) is 5.75 Å². The lowest BCUT2D eigenvalue weighted by atomic mass is 10.2. The number of thioether (sulfide) groups is 1. The van der Waals surface area contributed by atoms with Gasteiger partial charge in [-0.05, 0) is 42.0 Å². The van der Waals surface area contributed by atoms with Gasteiger partial charge < -0.3 is 13.9 Å². The van der Waals surface area contributed by atoms with E-state index in [9.17, 15) is 0 Å². The van der Waals surface area contributed by atoms with Crippen LogP contribution in [0.3, 0.4) is 0 Å². The largest absolute Gasteiger partial charge is 0.493 e. The van der Waals surface area contributed by atoms with Crippen LogP contribution < -0.4 is 9.47 Å². The average Bonchev–Trinajstić information content (AvgIpc) is 3.44. The number of ether oxygens (including phenoxy) is 2. The van der Waals surface area contributed by atoms with E-state index in [1.807, 2.05) is 47.3 Å². The number of nitrogens with zero attached hydrogens (tertiary/aromatic N) is 4. The molecule has 0 amide bonds. The van der Waals surface area contributed by atoms with Crippen LogP contribution in [0.1, 0.15) is 5.56 Å². The minimum absolute atomic E-state index is 0.442. The molecular formula is C20H18N4O3S. The summed E-state index contributed by atoms with van der Waals surface area (Å²) in [5.41, 5.74) is 2.96. The highest BCUT2D eigenvalue weighted by Crippen LogP contribution is 2.33. The maximum Gasteiger partial charge on any atom is 0.277 e. The monoisotopic (exact) mass is 394 g/mol. The molecule has 8 heteroatoms. The van der Waals surface area contributed by atoms with E-state index in [0.717, 1.165) is 22.6 Å². The number of aromatic nitrogens is 4. The van der Waals surface area contributed by atoms with Gasteiger partial charge in [-0.25, -0.2) is 4.68 Å². The Morgan fingerprint density at radius 1 is 1.00 bits per heavy atom. The van der Waals surface area contributed by atoms with Crippen molar-refractivity contribution in [2.24, 2.45) is 0 Å². The molecule has 0 saturated carbocycles. The highest BCUT2D eigenvalue weighted by Gasteiger charge is 2.12. The van der Waals surface area contributed by atoms with E-state index in [1.54, 1.807) is 20.4 Å². The summed E-state index contributed by atoms with van der Waals surface area (Å²) in [6, 6.07) is 15.6. The number of methoxy groups -OCH3 is 2. The third-order valence-electron chi connectivity index (χ3n) is 4.10. The summed E-state index contributed by atoms with van der Waals surface area (Å²) in [4.78, 5) is 0. The molecule has 0 saturated heterocycles. The molecule has 0 radical (unpaired) electrons. The second-order valence-corrected chi connectivity index (χ2v) is 6.78. The molecule has 7 nitrogen and oxygen atoms in total. The Bertz CT molecular complexity index is 1050. The third-order valence-corrected chi connectivity index (χ3v) is 4.99. The average molecular weight is 394 g/mol. The van der Waals surface area contributed by atoms with E-state index in [-0.39, 0.29) is 0 Å². The van der Waals surface area contributed by atoms with E-state index < -0.39 is 0 Å². The van der Waals surface area contributed by atoms with E-state index in [0.29, 0.717) is 22.6 Å². The first-order valence-electron chi connectivity index (χ1n) is 8.54. The summed E-state index contributed by atoms with van der Waals surface area (Å²) in [5, 5.41) is 13.0. The highest BCUT2D eigenvalue weighted by molar-refractivity contribution is 7.98. The molecule has 4 rings (SSSR count). The second-order valence-electron chi connectivity index (χ2n) is 5.85. The zero-order valence-electron chi connectivity index (χ0n) is 15.4. The van der Waals surface area contributed by atoms with Crippen LogP contribution in [-0.4, -0.2) is 34.2 Å². The minimum Gasteiger partial charge on any atom is -0.493 e. The van der Waals surface area contributed by atoms with Gasteiger partial charge in [0.05, 0.1) is 19.9 Å². The summed E-state index contributed by atoms with van der Waals surface area (Å²) < 4.78 is 18.2. The number of benzene rings is 2. The van der Waals surface area contributed by atoms with E-state index in [2.05, 4.69) is 27.4 Å². The Morgan fingerprint density at radius 3 is 2.54 bits per heavy atom. The summed E-state index contributed by atoms with van der Waals surface area (Å²) in [5.74, 6) is 2.44. The van der Waals surface area contributed by atoms with E-state index >= 15 is 0 Å². The van der Waals surface area contributed by atoms with Gasteiger partial charge in [0.1, 0.15) is 0 Å². The van der Waals surface area contributed by atoms with Crippen molar-refractivity contribution in [1.29, 1.82) is 0 Å². The lowest BCUT2D eigenvalue weighted by Crippen LogP contribution is -1.93. The molecule has 4 aromatic rings. The van der Waals surface area contributed by atoms with Crippen LogP contribution in [0.25, 0.3) is 17.1 Å². The van der Waals surface area contributed by atoms with E-state index in [1.165, 1.54) is 11.8 Å². The van der Waals surface area contributed by atoms with Crippen molar-refractivity contribution in [2.75, 3.05) is 14.2 Å². The fraction of sp³-hybridized carbons (Fsp3) is 0.150. The molecular weight excluding hydrogens is 376 g/mol. The van der Waals surface area contributed by atoms with Gasteiger partial charge in [-0.3, -0.25) is 0 Å². The Hall–Kier alpha value is -3.26. The van der Waals surface area contributed by atoms with Crippen LogP contribution in [0.2, 0.25) is 0 Å². The van der Waals surface area contributed by atoms with Crippen molar-refractivity contribution in [2.45, 2.75) is 11.0 Å². The first-order chi connectivity index (χ1) is 13.8. The Kier molecular flexibility index (Phi) is 5.29. The first kappa shape index (κ1) is 18.1. The smallest absolute Gasteiger partial charge is 0.277 e. The third kappa shape index (κ3) is 3.86. The summed E-state index contributed by atoms with van der Waals surface area (Å²) in [6.07, 6.45) is 3.67. The van der Waals surface area contributed by atoms with Crippen molar-refractivity contribution in [3.8, 4) is 28.6 Å². The van der Waals surface area contributed by atoms with E-state index in [4.69, 9.17) is 13.9 Å². The number of rotatable bonds is 7. The molecule has 2 aromatic heterocycles. The van der Waals surface area contributed by atoms with Gasteiger partial charge in [-0.2, -0.15) is 5.10 Å². The van der Waals surface area contributed by atoms with Gasteiger partial charge in [0.2, 0.25) is 5.89 Å². The van der Waals surface area contributed by atoms with Gasteiger partial charge in [-0.15, -0.1) is 10.2 Å². The van der Waals surface area contributed by atoms with Crippen LogP contribution in [0.4, 0.5) is 0 Å². The molecule has 0 N–H and O–H groups in total. The Balaban J connectivity index is 1.42. The zero-order valence-corrected chi connectivity index (χ0v) is 16.2. The highest BCUT2D eigenvalue weighted by atomic mass is 32.2.